The highest BCUT2D eigenvalue weighted by molar-refractivity contribution is 7.13. The average Bonchev–Trinajstić information content (AvgIpc) is 3.19. The number of hydrogen-bond donors (Lipinski definition) is 1. The predicted octanol–water partition coefficient (Wildman–Crippen LogP) is 4.52. The summed E-state index contributed by atoms with van der Waals surface area (Å²) < 4.78 is 5.20. The number of hydrogen-bond acceptors (Lipinski definition) is 6. The van der Waals surface area contributed by atoms with E-state index in [0.717, 1.165) is 5.56 Å². The molecule has 0 spiro atoms. The number of aromatic nitrogens is 1. The molecule has 1 N–H and O–H groups in total. The van der Waals surface area contributed by atoms with Crippen molar-refractivity contribution in [1.82, 2.24) is 4.98 Å². The Morgan fingerprint density at radius 2 is 2.04 bits per heavy atom. The van der Waals surface area contributed by atoms with Gasteiger partial charge in [0.1, 0.15) is 11.1 Å². The number of ether oxygens (including phenoxy) is 1. The second kappa shape index (κ2) is 8.65. The molecule has 28 heavy (non-hydrogen) atoms. The molecule has 1 aromatic heterocycles. The number of nitrogens with one attached hydrogen (secondary N) is 1. The van der Waals surface area contributed by atoms with Gasteiger partial charge in [0, 0.05) is 16.0 Å². The number of benzene rings is 2. The molecule has 0 fully saturated rings. The SMILES string of the molecule is C[C@H](OC(=O)c1csc(-c2cccc(Cl)c2)n1)C(=O)Nc1ccccc1C#N. The molecule has 8 heteroatoms. The Bertz CT molecular complexity index is 1070. The largest absolute Gasteiger partial charge is 0.448 e. The van der Waals surface area contributed by atoms with Crippen LogP contribution in [0.15, 0.2) is 53.9 Å². The van der Waals surface area contributed by atoms with Crippen LogP contribution in [0, 0.1) is 11.3 Å². The Hall–Kier alpha value is -3.21. The van der Waals surface area contributed by atoms with Crippen molar-refractivity contribution in [3.63, 3.8) is 0 Å². The Balaban J connectivity index is 1.66. The molecule has 3 rings (SSSR count). The van der Waals surface area contributed by atoms with E-state index in [1.165, 1.54) is 18.3 Å². The first-order chi connectivity index (χ1) is 13.5. The van der Waals surface area contributed by atoms with Gasteiger partial charge in [0.25, 0.3) is 5.91 Å². The summed E-state index contributed by atoms with van der Waals surface area (Å²) >= 11 is 7.25. The average molecular weight is 412 g/mol. The first kappa shape index (κ1) is 19.5. The van der Waals surface area contributed by atoms with Gasteiger partial charge in [-0.05, 0) is 31.2 Å². The summed E-state index contributed by atoms with van der Waals surface area (Å²) in [7, 11) is 0. The summed E-state index contributed by atoms with van der Waals surface area (Å²) in [6.07, 6.45) is -1.06. The third-order valence-electron chi connectivity index (χ3n) is 3.74. The van der Waals surface area contributed by atoms with Crippen molar-refractivity contribution in [3.8, 4) is 16.6 Å². The van der Waals surface area contributed by atoms with Gasteiger partial charge in [-0.15, -0.1) is 11.3 Å². The topological polar surface area (TPSA) is 92.1 Å². The number of anilines is 1. The standard InChI is InChI=1S/C20H14ClN3O3S/c1-12(18(25)23-16-8-3-2-5-14(16)10-22)27-20(26)17-11-28-19(24-17)13-6-4-7-15(21)9-13/h2-9,11-12H,1H3,(H,23,25)/t12-/m0/s1. The fourth-order valence-corrected chi connectivity index (χ4v) is 3.30. The number of amides is 1. The van der Waals surface area contributed by atoms with E-state index >= 15 is 0 Å². The van der Waals surface area contributed by atoms with Gasteiger partial charge < -0.3 is 10.1 Å². The van der Waals surface area contributed by atoms with Gasteiger partial charge in [-0.1, -0.05) is 35.9 Å². The van der Waals surface area contributed by atoms with Crippen molar-refractivity contribution in [1.29, 1.82) is 5.26 Å². The van der Waals surface area contributed by atoms with Gasteiger partial charge in [-0.2, -0.15) is 5.26 Å². The zero-order valence-electron chi connectivity index (χ0n) is 14.7. The zero-order chi connectivity index (χ0) is 20.1. The van der Waals surface area contributed by atoms with Crippen LogP contribution in [0.2, 0.25) is 5.02 Å². The first-order valence-corrected chi connectivity index (χ1v) is 9.46. The second-order valence-corrected chi connectivity index (χ2v) is 7.04. The number of esters is 1. The smallest absolute Gasteiger partial charge is 0.358 e. The summed E-state index contributed by atoms with van der Waals surface area (Å²) in [5.74, 6) is -1.25. The van der Waals surface area contributed by atoms with Crippen LogP contribution in [0.25, 0.3) is 10.6 Å². The van der Waals surface area contributed by atoms with E-state index in [1.807, 2.05) is 12.1 Å². The van der Waals surface area contributed by atoms with E-state index in [1.54, 1.807) is 47.8 Å². The van der Waals surface area contributed by atoms with Crippen LogP contribution in [0.5, 0.6) is 0 Å². The molecule has 0 aliphatic heterocycles. The number of rotatable bonds is 5. The van der Waals surface area contributed by atoms with Gasteiger partial charge in [-0.25, -0.2) is 9.78 Å². The highest BCUT2D eigenvalue weighted by Gasteiger charge is 2.22. The predicted molar refractivity (Wildman–Crippen MR) is 107 cm³/mol. The maximum absolute atomic E-state index is 12.3. The van der Waals surface area contributed by atoms with Crippen molar-refractivity contribution >= 4 is 40.5 Å². The fraction of sp³-hybridized carbons (Fsp3) is 0.100. The molecule has 140 valence electrons. The summed E-state index contributed by atoms with van der Waals surface area (Å²) in [6.45, 7) is 1.45. The van der Waals surface area contributed by atoms with Crippen LogP contribution < -0.4 is 5.32 Å². The Morgan fingerprint density at radius 3 is 2.79 bits per heavy atom. The second-order valence-electron chi connectivity index (χ2n) is 5.74. The summed E-state index contributed by atoms with van der Waals surface area (Å²) in [5.41, 5.74) is 1.57. The molecule has 0 radical (unpaired) electrons. The van der Waals surface area contributed by atoms with Gasteiger partial charge >= 0.3 is 5.97 Å². The Kier molecular flexibility index (Phi) is 6.04. The maximum Gasteiger partial charge on any atom is 0.358 e. The molecular weight excluding hydrogens is 398 g/mol. The normalized spacial score (nSPS) is 11.3. The number of nitriles is 1. The number of carbonyl (C=O) groups excluding carboxylic acids is 2. The lowest BCUT2D eigenvalue weighted by Gasteiger charge is -2.13. The zero-order valence-corrected chi connectivity index (χ0v) is 16.3. The summed E-state index contributed by atoms with van der Waals surface area (Å²) in [4.78, 5) is 28.8. The van der Waals surface area contributed by atoms with Crippen molar-refractivity contribution in [2.75, 3.05) is 5.32 Å². The van der Waals surface area contributed by atoms with E-state index in [9.17, 15) is 9.59 Å². The van der Waals surface area contributed by atoms with E-state index in [4.69, 9.17) is 21.6 Å². The molecule has 0 saturated carbocycles. The van der Waals surface area contributed by atoms with E-state index in [-0.39, 0.29) is 5.69 Å². The highest BCUT2D eigenvalue weighted by atomic mass is 35.5. The third kappa shape index (κ3) is 4.55. The van der Waals surface area contributed by atoms with Crippen LogP contribution in [0.4, 0.5) is 5.69 Å². The number of nitrogens with zero attached hydrogens (tertiary/aromatic N) is 2. The number of halogens is 1. The molecule has 0 unspecified atom stereocenters. The molecule has 0 bridgehead atoms. The van der Waals surface area contributed by atoms with Gasteiger partial charge in [-0.3, -0.25) is 4.79 Å². The summed E-state index contributed by atoms with van der Waals surface area (Å²) in [5, 5.41) is 14.4. The van der Waals surface area contributed by atoms with Gasteiger partial charge in [0.2, 0.25) is 0 Å². The third-order valence-corrected chi connectivity index (χ3v) is 4.87. The van der Waals surface area contributed by atoms with Gasteiger partial charge in [0.15, 0.2) is 11.8 Å². The van der Waals surface area contributed by atoms with Crippen LogP contribution in [0.1, 0.15) is 23.0 Å². The van der Waals surface area contributed by atoms with Crippen LogP contribution in [-0.2, 0) is 9.53 Å². The van der Waals surface area contributed by atoms with Crippen LogP contribution in [-0.4, -0.2) is 23.0 Å². The molecular formula is C20H14ClN3O3S. The van der Waals surface area contributed by atoms with Crippen LogP contribution >= 0.6 is 22.9 Å². The molecule has 6 nitrogen and oxygen atoms in total. The van der Waals surface area contributed by atoms with E-state index < -0.39 is 18.0 Å². The Morgan fingerprint density at radius 1 is 1.25 bits per heavy atom. The monoisotopic (exact) mass is 411 g/mol. The van der Waals surface area contributed by atoms with E-state index in [2.05, 4.69) is 10.3 Å². The molecule has 1 atom stereocenters. The lowest BCUT2D eigenvalue weighted by molar-refractivity contribution is -0.123. The quantitative estimate of drug-likeness (QED) is 0.623. The minimum atomic E-state index is -1.06. The number of carbonyl (C=O) groups is 2. The number of para-hydroxylation sites is 1. The van der Waals surface area contributed by atoms with Crippen molar-refractivity contribution in [2.45, 2.75) is 13.0 Å². The van der Waals surface area contributed by atoms with Crippen molar-refractivity contribution in [2.24, 2.45) is 0 Å². The first-order valence-electron chi connectivity index (χ1n) is 8.20. The van der Waals surface area contributed by atoms with Crippen LogP contribution in [0.3, 0.4) is 0 Å². The number of thiazole rings is 1. The fourth-order valence-electron chi connectivity index (χ4n) is 2.32. The van der Waals surface area contributed by atoms with E-state index in [0.29, 0.717) is 21.3 Å². The Labute approximate surface area is 170 Å². The lowest BCUT2D eigenvalue weighted by atomic mass is 10.2. The minimum absolute atomic E-state index is 0.108. The molecule has 1 heterocycles. The molecule has 0 aliphatic carbocycles. The lowest BCUT2D eigenvalue weighted by Crippen LogP contribution is -2.30. The van der Waals surface area contributed by atoms with Gasteiger partial charge in [0.05, 0.1) is 11.3 Å². The maximum atomic E-state index is 12.3. The summed E-state index contributed by atoms with van der Waals surface area (Å²) in [6, 6.07) is 15.7. The molecule has 0 aliphatic rings. The van der Waals surface area contributed by atoms with Crippen molar-refractivity contribution < 1.29 is 14.3 Å². The van der Waals surface area contributed by atoms with Crippen molar-refractivity contribution in [3.05, 3.63) is 70.2 Å². The molecule has 1 amide bonds. The molecule has 0 saturated heterocycles. The minimum Gasteiger partial charge on any atom is -0.448 e. The highest BCUT2D eigenvalue weighted by Crippen LogP contribution is 2.26. The molecule has 3 aromatic rings. The molecule has 2 aromatic carbocycles.